The second kappa shape index (κ2) is 9.58. The van der Waals surface area contributed by atoms with Crippen LogP contribution < -0.4 is 5.32 Å². The van der Waals surface area contributed by atoms with Gasteiger partial charge in [-0.15, -0.1) is 0 Å². The smallest absolute Gasteiger partial charge is 0.394 e. The zero-order valence-corrected chi connectivity index (χ0v) is 12.9. The summed E-state index contributed by atoms with van der Waals surface area (Å²) < 4.78 is 37.2. The summed E-state index contributed by atoms with van der Waals surface area (Å²) in [5.41, 5.74) is -0.325. The number of rotatable bonds is 11. The van der Waals surface area contributed by atoms with Gasteiger partial charge in [0.15, 0.2) is 0 Å². The molecule has 0 spiro atoms. The molecule has 1 unspecified atom stereocenters. The molecule has 0 aliphatic rings. The fourth-order valence-electron chi connectivity index (χ4n) is 2.34. The van der Waals surface area contributed by atoms with E-state index in [9.17, 15) is 18.3 Å². The Morgan fingerprint density at radius 2 is 1.75 bits per heavy atom. The first-order valence-electron chi connectivity index (χ1n) is 7.41. The maximum absolute atomic E-state index is 12.4. The molecule has 0 saturated heterocycles. The van der Waals surface area contributed by atoms with Gasteiger partial charge >= 0.3 is 6.18 Å². The third-order valence-electron chi connectivity index (χ3n) is 3.35. The van der Waals surface area contributed by atoms with Gasteiger partial charge in [-0.25, -0.2) is 0 Å². The van der Waals surface area contributed by atoms with Crippen molar-refractivity contribution in [3.8, 4) is 0 Å². The number of aliphatic hydroxyl groups excluding tert-OH is 1. The summed E-state index contributed by atoms with van der Waals surface area (Å²) in [4.78, 5) is 1.46. The Morgan fingerprint density at radius 1 is 1.10 bits per heavy atom. The number of hydrogen-bond donors (Lipinski definition) is 2. The Hall–Kier alpha value is -0.330. The third-order valence-corrected chi connectivity index (χ3v) is 3.35. The van der Waals surface area contributed by atoms with Crippen molar-refractivity contribution in [2.45, 2.75) is 58.2 Å². The van der Waals surface area contributed by atoms with Crippen molar-refractivity contribution < 1.29 is 18.3 Å². The summed E-state index contributed by atoms with van der Waals surface area (Å²) in [5.74, 6) is 0. The molecule has 0 aliphatic carbocycles. The number of alkyl halides is 3. The number of unbranched alkanes of at least 4 members (excludes halogenated alkanes) is 1. The molecule has 6 heteroatoms. The minimum atomic E-state index is -4.13. The van der Waals surface area contributed by atoms with Crippen LogP contribution in [0.3, 0.4) is 0 Å². The highest BCUT2D eigenvalue weighted by atomic mass is 19.4. The molecule has 2 N–H and O–H groups in total. The van der Waals surface area contributed by atoms with Crippen LogP contribution in [0.2, 0.25) is 0 Å². The number of aliphatic hydroxyl groups is 1. The van der Waals surface area contributed by atoms with E-state index in [4.69, 9.17) is 0 Å². The fraction of sp³-hybridized carbons (Fsp3) is 1.00. The van der Waals surface area contributed by atoms with Crippen LogP contribution in [0.1, 0.15) is 46.5 Å². The highest BCUT2D eigenvalue weighted by Gasteiger charge is 2.30. The van der Waals surface area contributed by atoms with E-state index in [1.807, 2.05) is 20.8 Å². The number of likely N-dealkylation sites (N-methyl/N-ethyl adjacent to an activating group) is 1. The minimum Gasteiger partial charge on any atom is -0.394 e. The molecule has 20 heavy (non-hydrogen) atoms. The maximum atomic E-state index is 12.4. The highest BCUT2D eigenvalue weighted by Crippen LogP contribution is 2.18. The van der Waals surface area contributed by atoms with Crippen LogP contribution in [0.5, 0.6) is 0 Å². The van der Waals surface area contributed by atoms with E-state index in [2.05, 4.69) is 5.32 Å². The largest absolute Gasteiger partial charge is 0.401 e. The van der Waals surface area contributed by atoms with E-state index in [-0.39, 0.29) is 12.1 Å². The number of nitrogens with zero attached hydrogens (tertiary/aromatic N) is 1. The quantitative estimate of drug-likeness (QED) is 0.576. The first-order chi connectivity index (χ1) is 9.26. The number of hydrogen-bond acceptors (Lipinski definition) is 3. The summed E-state index contributed by atoms with van der Waals surface area (Å²) in [6, 6.07) is 0. The van der Waals surface area contributed by atoms with E-state index in [0.29, 0.717) is 13.1 Å². The predicted octanol–water partition coefficient (Wildman–Crippen LogP) is 2.79. The highest BCUT2D eigenvalue weighted by molar-refractivity contribution is 4.81. The number of halogens is 3. The van der Waals surface area contributed by atoms with Crippen LogP contribution >= 0.6 is 0 Å². The van der Waals surface area contributed by atoms with Crippen molar-refractivity contribution in [3.63, 3.8) is 0 Å². The molecule has 0 aromatic carbocycles. The van der Waals surface area contributed by atoms with Gasteiger partial charge < -0.3 is 10.4 Å². The van der Waals surface area contributed by atoms with Crippen LogP contribution in [0.4, 0.5) is 13.2 Å². The van der Waals surface area contributed by atoms with Crippen molar-refractivity contribution in [2.75, 3.05) is 32.8 Å². The standard InChI is InChI=1S/C14H29F3N2O/c1-4-9-19(11-14(15,16)17)10-7-6-8-13(3,12-20)18-5-2/h18,20H,4-12H2,1-3H3. The lowest BCUT2D eigenvalue weighted by atomic mass is 9.95. The zero-order chi connectivity index (χ0) is 15.6. The average molecular weight is 298 g/mol. The monoisotopic (exact) mass is 298 g/mol. The molecule has 0 amide bonds. The Bertz CT molecular complexity index is 249. The molecule has 0 fully saturated rings. The van der Waals surface area contributed by atoms with Gasteiger partial charge in [-0.3, -0.25) is 4.90 Å². The topological polar surface area (TPSA) is 35.5 Å². The molecule has 0 saturated carbocycles. The normalized spacial score (nSPS) is 15.6. The van der Waals surface area contributed by atoms with Gasteiger partial charge in [0.05, 0.1) is 13.2 Å². The Balaban J connectivity index is 4.05. The molecular weight excluding hydrogens is 269 g/mol. The lowest BCUT2D eigenvalue weighted by molar-refractivity contribution is -0.146. The summed E-state index contributed by atoms with van der Waals surface area (Å²) in [6.07, 6.45) is -1.11. The first-order valence-corrected chi connectivity index (χ1v) is 7.41. The summed E-state index contributed by atoms with van der Waals surface area (Å²) in [6.45, 7) is 6.72. The Labute approximate surface area is 120 Å². The van der Waals surface area contributed by atoms with E-state index >= 15 is 0 Å². The Morgan fingerprint density at radius 3 is 2.20 bits per heavy atom. The van der Waals surface area contributed by atoms with Crippen LogP contribution in [-0.4, -0.2) is 54.5 Å². The van der Waals surface area contributed by atoms with Crippen molar-refractivity contribution in [1.29, 1.82) is 0 Å². The molecule has 0 heterocycles. The van der Waals surface area contributed by atoms with Gasteiger partial charge in [-0.2, -0.15) is 13.2 Å². The van der Waals surface area contributed by atoms with E-state index in [0.717, 1.165) is 32.2 Å². The second-order valence-electron chi connectivity index (χ2n) is 5.60. The fourth-order valence-corrected chi connectivity index (χ4v) is 2.34. The van der Waals surface area contributed by atoms with E-state index in [1.54, 1.807) is 0 Å². The molecule has 0 rings (SSSR count). The molecular formula is C14H29F3N2O. The molecule has 0 aromatic heterocycles. The van der Waals surface area contributed by atoms with E-state index in [1.165, 1.54) is 4.90 Å². The summed E-state index contributed by atoms with van der Waals surface area (Å²) in [7, 11) is 0. The molecule has 0 aliphatic heterocycles. The molecule has 0 radical (unpaired) electrons. The Kier molecular flexibility index (Phi) is 9.42. The summed E-state index contributed by atoms with van der Waals surface area (Å²) in [5, 5.41) is 12.6. The first kappa shape index (κ1) is 19.7. The third kappa shape index (κ3) is 9.55. The van der Waals surface area contributed by atoms with Gasteiger partial charge in [0.2, 0.25) is 0 Å². The van der Waals surface area contributed by atoms with Crippen LogP contribution in [0.25, 0.3) is 0 Å². The predicted molar refractivity (Wildman–Crippen MR) is 75.8 cm³/mol. The van der Waals surface area contributed by atoms with Crippen LogP contribution in [0.15, 0.2) is 0 Å². The van der Waals surface area contributed by atoms with Crippen LogP contribution in [0, 0.1) is 0 Å². The van der Waals surface area contributed by atoms with Gasteiger partial charge in [-0.1, -0.05) is 20.3 Å². The molecule has 1 atom stereocenters. The van der Waals surface area contributed by atoms with Crippen molar-refractivity contribution >= 4 is 0 Å². The van der Waals surface area contributed by atoms with Gasteiger partial charge in [0.1, 0.15) is 0 Å². The maximum Gasteiger partial charge on any atom is 0.401 e. The second-order valence-corrected chi connectivity index (χ2v) is 5.60. The van der Waals surface area contributed by atoms with Crippen LogP contribution in [-0.2, 0) is 0 Å². The summed E-state index contributed by atoms with van der Waals surface area (Å²) >= 11 is 0. The molecule has 3 nitrogen and oxygen atoms in total. The lowest BCUT2D eigenvalue weighted by Gasteiger charge is -2.29. The van der Waals surface area contributed by atoms with Gasteiger partial charge in [0.25, 0.3) is 0 Å². The molecule has 122 valence electrons. The van der Waals surface area contributed by atoms with Crippen molar-refractivity contribution in [1.82, 2.24) is 10.2 Å². The SMILES string of the molecule is CCCN(CCCCC(C)(CO)NCC)CC(F)(F)F. The average Bonchev–Trinajstić information content (AvgIpc) is 2.33. The molecule has 0 bridgehead atoms. The van der Waals surface area contributed by atoms with Crippen molar-refractivity contribution in [2.24, 2.45) is 0 Å². The zero-order valence-electron chi connectivity index (χ0n) is 12.9. The van der Waals surface area contributed by atoms with Crippen molar-refractivity contribution in [3.05, 3.63) is 0 Å². The van der Waals surface area contributed by atoms with Gasteiger partial charge in [-0.05, 0) is 45.8 Å². The minimum absolute atomic E-state index is 0.0437. The number of nitrogens with one attached hydrogen (secondary N) is 1. The van der Waals surface area contributed by atoms with E-state index < -0.39 is 12.7 Å². The lowest BCUT2D eigenvalue weighted by Crippen LogP contribution is -2.45. The van der Waals surface area contributed by atoms with Gasteiger partial charge in [0, 0.05) is 5.54 Å². The molecule has 0 aromatic rings.